The molecule has 3 aromatic carbocycles. The van der Waals surface area contributed by atoms with Crippen LogP contribution >= 0.6 is 0 Å². The zero-order valence-corrected chi connectivity index (χ0v) is 23.3. The van der Waals surface area contributed by atoms with Gasteiger partial charge in [-0.2, -0.15) is 0 Å². The Morgan fingerprint density at radius 1 is 0.949 bits per heavy atom. The Kier molecular flexibility index (Phi) is 10.1. The molecule has 0 unspecified atom stereocenters. The minimum atomic E-state index is -4.26. The molecule has 8 nitrogen and oxygen atoms in total. The number of hydrogen-bond donors (Lipinski definition) is 1. The topological polar surface area (TPSA) is 96.0 Å². The largest absolute Gasteiger partial charge is 0.497 e. The highest BCUT2D eigenvalue weighted by Crippen LogP contribution is 2.26. The number of sulfonamides is 1. The molecule has 39 heavy (non-hydrogen) atoms. The summed E-state index contributed by atoms with van der Waals surface area (Å²) >= 11 is 0. The fourth-order valence-electron chi connectivity index (χ4n) is 3.84. The molecule has 3 aromatic rings. The van der Waals surface area contributed by atoms with Crippen LogP contribution in [0.1, 0.15) is 32.8 Å². The first-order valence-electron chi connectivity index (χ1n) is 12.6. The maximum atomic E-state index is 13.8. The monoisotopic (exact) mass is 555 g/mol. The summed E-state index contributed by atoms with van der Waals surface area (Å²) in [4.78, 5) is 28.1. The van der Waals surface area contributed by atoms with Crippen LogP contribution in [0.25, 0.3) is 0 Å². The van der Waals surface area contributed by atoms with E-state index in [0.717, 1.165) is 22.0 Å². The second-order valence-electron chi connectivity index (χ2n) is 9.16. The lowest BCUT2D eigenvalue weighted by molar-refractivity contribution is -0.139. The van der Waals surface area contributed by atoms with Crippen LogP contribution in [0.15, 0.2) is 83.8 Å². The predicted octanol–water partition coefficient (Wildman–Crippen LogP) is 4.36. The number of ether oxygens (including phenoxy) is 1. The lowest BCUT2D eigenvalue weighted by Crippen LogP contribution is -2.52. The number of nitrogens with one attached hydrogen (secondary N) is 1. The van der Waals surface area contributed by atoms with Gasteiger partial charge < -0.3 is 15.0 Å². The van der Waals surface area contributed by atoms with Crippen LogP contribution in [0.4, 0.5) is 10.1 Å². The summed E-state index contributed by atoms with van der Waals surface area (Å²) in [5, 5.41) is 2.89. The van der Waals surface area contributed by atoms with Crippen molar-refractivity contribution in [3.63, 3.8) is 0 Å². The highest BCUT2D eigenvalue weighted by molar-refractivity contribution is 7.92. The minimum Gasteiger partial charge on any atom is -0.497 e. The molecule has 208 valence electrons. The van der Waals surface area contributed by atoms with E-state index in [4.69, 9.17) is 4.74 Å². The molecule has 0 heterocycles. The molecule has 0 aromatic heterocycles. The number of carbonyl (C=O) groups is 2. The molecule has 0 radical (unpaired) electrons. The number of rotatable bonds is 12. The van der Waals surface area contributed by atoms with Crippen LogP contribution in [-0.2, 0) is 26.2 Å². The number of hydrogen-bond acceptors (Lipinski definition) is 5. The molecule has 0 bridgehead atoms. The number of nitrogens with zero attached hydrogens (tertiary/aromatic N) is 2. The van der Waals surface area contributed by atoms with Crippen molar-refractivity contribution in [1.29, 1.82) is 0 Å². The van der Waals surface area contributed by atoms with Gasteiger partial charge in [-0.3, -0.25) is 13.9 Å². The first kappa shape index (κ1) is 29.6. The molecule has 0 aliphatic carbocycles. The second-order valence-corrected chi connectivity index (χ2v) is 11.0. The van der Waals surface area contributed by atoms with Gasteiger partial charge in [-0.1, -0.05) is 37.3 Å². The Balaban J connectivity index is 2.00. The highest BCUT2D eigenvalue weighted by Gasteiger charge is 2.32. The SMILES string of the molecule is CC[C@H](C)NC(=O)[C@@H](C)N(Cc1ccccc1)C(=O)CN(c1ccc(F)cc1)S(=O)(=O)c1ccc(OC)cc1. The van der Waals surface area contributed by atoms with Crippen LogP contribution in [0.2, 0.25) is 0 Å². The number of benzene rings is 3. The third-order valence-corrected chi connectivity index (χ3v) is 8.19. The number of anilines is 1. The Morgan fingerprint density at radius 2 is 1.56 bits per heavy atom. The van der Waals surface area contributed by atoms with Gasteiger partial charge in [0, 0.05) is 12.6 Å². The summed E-state index contributed by atoms with van der Waals surface area (Å²) in [6.45, 7) is 4.90. The molecular formula is C29H34FN3O5S. The van der Waals surface area contributed by atoms with Crippen molar-refractivity contribution in [2.75, 3.05) is 18.0 Å². The molecule has 2 atom stereocenters. The molecule has 2 amide bonds. The zero-order chi connectivity index (χ0) is 28.6. The van der Waals surface area contributed by atoms with Gasteiger partial charge in [-0.25, -0.2) is 12.8 Å². The van der Waals surface area contributed by atoms with E-state index in [9.17, 15) is 22.4 Å². The van der Waals surface area contributed by atoms with E-state index in [1.54, 1.807) is 6.92 Å². The maximum absolute atomic E-state index is 13.8. The van der Waals surface area contributed by atoms with E-state index in [2.05, 4.69) is 5.32 Å². The molecular weight excluding hydrogens is 521 g/mol. The smallest absolute Gasteiger partial charge is 0.264 e. The normalized spacial score (nSPS) is 12.7. The van der Waals surface area contributed by atoms with E-state index >= 15 is 0 Å². The molecule has 0 aliphatic rings. The number of halogens is 1. The minimum absolute atomic E-state index is 0.0717. The Labute approximate surface area is 229 Å². The van der Waals surface area contributed by atoms with E-state index in [0.29, 0.717) is 12.2 Å². The van der Waals surface area contributed by atoms with Crippen LogP contribution in [0.3, 0.4) is 0 Å². The van der Waals surface area contributed by atoms with Gasteiger partial charge in [0.25, 0.3) is 10.0 Å². The number of carbonyl (C=O) groups excluding carboxylic acids is 2. The van der Waals surface area contributed by atoms with E-state index in [-0.39, 0.29) is 29.1 Å². The lowest BCUT2D eigenvalue weighted by Gasteiger charge is -2.32. The van der Waals surface area contributed by atoms with Gasteiger partial charge in [0.15, 0.2) is 0 Å². The van der Waals surface area contributed by atoms with Crippen molar-refractivity contribution in [3.8, 4) is 5.75 Å². The number of methoxy groups -OCH3 is 1. The average molecular weight is 556 g/mol. The summed E-state index contributed by atoms with van der Waals surface area (Å²) in [6.07, 6.45) is 0.712. The molecule has 10 heteroatoms. The van der Waals surface area contributed by atoms with Crippen molar-refractivity contribution >= 4 is 27.5 Å². The van der Waals surface area contributed by atoms with Crippen molar-refractivity contribution in [3.05, 3.63) is 90.2 Å². The first-order valence-corrected chi connectivity index (χ1v) is 14.1. The van der Waals surface area contributed by atoms with Gasteiger partial charge in [0.1, 0.15) is 24.2 Å². The van der Waals surface area contributed by atoms with Crippen molar-refractivity contribution < 1.29 is 27.1 Å². The summed E-state index contributed by atoms with van der Waals surface area (Å²) < 4.78 is 47.3. The van der Waals surface area contributed by atoms with Gasteiger partial charge in [0.05, 0.1) is 17.7 Å². The van der Waals surface area contributed by atoms with Gasteiger partial charge in [-0.05, 0) is 74.4 Å². The Hall–Kier alpha value is -3.92. The van der Waals surface area contributed by atoms with E-state index in [1.807, 2.05) is 44.2 Å². The van der Waals surface area contributed by atoms with Gasteiger partial charge in [-0.15, -0.1) is 0 Å². The summed E-state index contributed by atoms with van der Waals surface area (Å²) in [6, 6.07) is 18.7. The van der Waals surface area contributed by atoms with Crippen LogP contribution in [0.5, 0.6) is 5.75 Å². The van der Waals surface area contributed by atoms with Crippen molar-refractivity contribution in [2.24, 2.45) is 0 Å². The second kappa shape index (κ2) is 13.2. The molecule has 0 saturated carbocycles. The lowest BCUT2D eigenvalue weighted by atomic mass is 10.1. The molecule has 0 fully saturated rings. The van der Waals surface area contributed by atoms with Crippen LogP contribution in [0, 0.1) is 5.82 Å². The molecule has 1 N–H and O–H groups in total. The van der Waals surface area contributed by atoms with E-state index < -0.39 is 34.3 Å². The summed E-state index contributed by atoms with van der Waals surface area (Å²) in [5.41, 5.74) is 0.886. The van der Waals surface area contributed by atoms with Gasteiger partial charge in [0.2, 0.25) is 11.8 Å². The van der Waals surface area contributed by atoms with E-state index in [1.165, 1.54) is 48.4 Å². The fourth-order valence-corrected chi connectivity index (χ4v) is 5.25. The number of amides is 2. The molecule has 3 rings (SSSR count). The van der Waals surface area contributed by atoms with Crippen LogP contribution < -0.4 is 14.4 Å². The Morgan fingerprint density at radius 3 is 2.13 bits per heavy atom. The quantitative estimate of drug-likeness (QED) is 0.358. The molecule has 0 spiro atoms. The standard InChI is InChI=1S/C29H34FN3O5S/c1-5-21(2)31-29(35)22(3)32(19-23-9-7-6-8-10-23)28(34)20-33(25-13-11-24(30)12-14-25)39(36,37)27-17-15-26(38-4)16-18-27/h6-18,21-22H,5,19-20H2,1-4H3,(H,31,35)/t21-,22+/m0/s1. The highest BCUT2D eigenvalue weighted by atomic mass is 32.2. The van der Waals surface area contributed by atoms with Gasteiger partial charge >= 0.3 is 0 Å². The Bertz CT molecular complexity index is 1350. The first-order chi connectivity index (χ1) is 18.6. The molecule has 0 saturated heterocycles. The van der Waals surface area contributed by atoms with Crippen molar-refractivity contribution in [2.45, 2.75) is 50.7 Å². The third kappa shape index (κ3) is 7.57. The summed E-state index contributed by atoms with van der Waals surface area (Å²) in [7, 11) is -2.79. The maximum Gasteiger partial charge on any atom is 0.264 e. The molecule has 0 aliphatic heterocycles. The fraction of sp³-hybridized carbons (Fsp3) is 0.310. The predicted molar refractivity (Wildman–Crippen MR) is 148 cm³/mol. The third-order valence-electron chi connectivity index (χ3n) is 6.40. The van der Waals surface area contributed by atoms with Crippen molar-refractivity contribution in [1.82, 2.24) is 10.2 Å². The van der Waals surface area contributed by atoms with Crippen LogP contribution in [-0.4, -0.2) is 50.9 Å². The summed E-state index contributed by atoms with van der Waals surface area (Å²) in [5.74, 6) is -1.02. The zero-order valence-electron chi connectivity index (χ0n) is 22.5. The average Bonchev–Trinajstić information content (AvgIpc) is 2.95.